The van der Waals surface area contributed by atoms with Crippen LogP contribution in [0.25, 0.3) is 0 Å². The van der Waals surface area contributed by atoms with Gasteiger partial charge in [-0.25, -0.2) is 4.79 Å². The first-order valence-corrected chi connectivity index (χ1v) is 7.65. The molecule has 0 spiro atoms. The molecule has 6 nitrogen and oxygen atoms in total. The van der Waals surface area contributed by atoms with Crippen molar-refractivity contribution in [2.24, 2.45) is 5.92 Å². The Labute approximate surface area is 135 Å². The van der Waals surface area contributed by atoms with Crippen molar-refractivity contribution in [1.82, 2.24) is 5.32 Å². The number of carbonyl (C=O) groups is 3. The van der Waals surface area contributed by atoms with E-state index in [0.29, 0.717) is 6.42 Å². The number of carboxylic acid groups (broad SMARTS) is 1. The molecule has 0 aliphatic carbocycles. The van der Waals surface area contributed by atoms with Crippen molar-refractivity contribution < 1.29 is 24.2 Å². The lowest BCUT2D eigenvalue weighted by Gasteiger charge is -2.20. The number of hydrogen-bond donors (Lipinski definition) is 2. The van der Waals surface area contributed by atoms with Gasteiger partial charge >= 0.3 is 11.9 Å². The lowest BCUT2D eigenvalue weighted by Crippen LogP contribution is -2.45. The van der Waals surface area contributed by atoms with Gasteiger partial charge in [0.15, 0.2) is 0 Å². The van der Waals surface area contributed by atoms with Crippen LogP contribution in [-0.4, -0.2) is 35.6 Å². The van der Waals surface area contributed by atoms with E-state index in [9.17, 15) is 19.5 Å². The number of ether oxygens (including phenoxy) is 1. The molecule has 126 valence electrons. The molecule has 0 radical (unpaired) electrons. The lowest BCUT2D eigenvalue weighted by atomic mass is 9.98. The first-order chi connectivity index (χ1) is 10.9. The number of esters is 1. The fourth-order valence-corrected chi connectivity index (χ4v) is 2.20. The van der Waals surface area contributed by atoms with Crippen molar-refractivity contribution in [2.75, 3.05) is 6.61 Å². The summed E-state index contributed by atoms with van der Waals surface area (Å²) >= 11 is 0. The molecule has 0 aromatic heterocycles. The average Bonchev–Trinajstić information content (AvgIpc) is 2.51. The number of nitrogens with one attached hydrogen (secondary N) is 1. The molecule has 0 saturated carbocycles. The van der Waals surface area contributed by atoms with Gasteiger partial charge in [-0.3, -0.25) is 9.59 Å². The summed E-state index contributed by atoms with van der Waals surface area (Å²) in [7, 11) is 0. The minimum absolute atomic E-state index is 0.0518. The number of carbonyl (C=O) groups excluding carboxylic acids is 2. The zero-order valence-electron chi connectivity index (χ0n) is 13.5. The van der Waals surface area contributed by atoms with Gasteiger partial charge in [-0.15, -0.1) is 0 Å². The van der Waals surface area contributed by atoms with Crippen LogP contribution >= 0.6 is 0 Å². The molecule has 6 heteroatoms. The quantitative estimate of drug-likeness (QED) is 0.676. The average molecular weight is 321 g/mol. The Morgan fingerprint density at radius 3 is 2.43 bits per heavy atom. The highest BCUT2D eigenvalue weighted by atomic mass is 16.5. The Hall–Kier alpha value is -2.37. The fourth-order valence-electron chi connectivity index (χ4n) is 2.20. The number of benzene rings is 1. The predicted octanol–water partition coefficient (Wildman–Crippen LogP) is 1.78. The third kappa shape index (κ3) is 6.95. The summed E-state index contributed by atoms with van der Waals surface area (Å²) in [6.45, 7) is 3.53. The van der Waals surface area contributed by atoms with Gasteiger partial charge in [0.1, 0.15) is 6.04 Å². The highest BCUT2D eigenvalue weighted by molar-refractivity contribution is 5.84. The normalized spacial score (nSPS) is 13.0. The van der Waals surface area contributed by atoms with Gasteiger partial charge in [0, 0.05) is 6.42 Å². The largest absolute Gasteiger partial charge is 0.480 e. The van der Waals surface area contributed by atoms with Crippen LogP contribution in [0.3, 0.4) is 0 Å². The number of amides is 1. The second kappa shape index (κ2) is 9.61. The minimum Gasteiger partial charge on any atom is -0.480 e. The van der Waals surface area contributed by atoms with Gasteiger partial charge < -0.3 is 15.2 Å². The van der Waals surface area contributed by atoms with Crippen LogP contribution in [0, 0.1) is 5.92 Å². The van der Waals surface area contributed by atoms with Crippen LogP contribution in [-0.2, 0) is 25.5 Å². The Morgan fingerprint density at radius 1 is 1.22 bits per heavy atom. The maximum atomic E-state index is 12.0. The number of carboxylic acids is 1. The smallest absolute Gasteiger partial charge is 0.326 e. The molecule has 1 aromatic carbocycles. The Kier molecular flexibility index (Phi) is 7.80. The number of aryl methyl sites for hydroxylation is 1. The van der Waals surface area contributed by atoms with Crippen LogP contribution < -0.4 is 5.32 Å². The third-order valence-electron chi connectivity index (χ3n) is 3.43. The molecule has 23 heavy (non-hydrogen) atoms. The summed E-state index contributed by atoms with van der Waals surface area (Å²) in [6.07, 6.45) is 0.676. The maximum absolute atomic E-state index is 12.0. The Balaban J connectivity index is 2.52. The molecular formula is C17H23NO5. The van der Waals surface area contributed by atoms with Crippen molar-refractivity contribution in [3.63, 3.8) is 0 Å². The van der Waals surface area contributed by atoms with E-state index in [1.54, 1.807) is 13.8 Å². The third-order valence-corrected chi connectivity index (χ3v) is 3.43. The molecule has 0 unspecified atom stereocenters. The topological polar surface area (TPSA) is 92.7 Å². The molecule has 0 bridgehead atoms. The molecule has 0 fully saturated rings. The van der Waals surface area contributed by atoms with E-state index in [1.165, 1.54) is 0 Å². The van der Waals surface area contributed by atoms with Gasteiger partial charge in [0.05, 0.1) is 13.0 Å². The van der Waals surface area contributed by atoms with Gasteiger partial charge in [0.2, 0.25) is 5.91 Å². The van der Waals surface area contributed by atoms with Crippen molar-refractivity contribution in [3.8, 4) is 0 Å². The minimum atomic E-state index is -1.16. The standard InChI is InChI=1S/C17H23NO5/c1-3-23-15(20)11-12(2)16(17(21)22)18-14(19)10-9-13-7-5-4-6-8-13/h4-8,12,16H,3,9-11H2,1-2H3,(H,18,19)(H,21,22)/t12-,16+/m0/s1. The summed E-state index contributed by atoms with van der Waals surface area (Å²) in [4.78, 5) is 34.7. The molecule has 0 heterocycles. The summed E-state index contributed by atoms with van der Waals surface area (Å²) in [6, 6.07) is 8.36. The summed E-state index contributed by atoms with van der Waals surface area (Å²) in [5, 5.41) is 11.7. The van der Waals surface area contributed by atoms with E-state index in [1.807, 2.05) is 30.3 Å². The molecule has 0 saturated heterocycles. The van der Waals surface area contributed by atoms with E-state index in [2.05, 4.69) is 5.32 Å². The van der Waals surface area contributed by atoms with E-state index < -0.39 is 23.9 Å². The molecule has 2 atom stereocenters. The molecule has 1 rings (SSSR count). The van der Waals surface area contributed by atoms with Gasteiger partial charge in [-0.05, 0) is 24.8 Å². The SMILES string of the molecule is CCOC(=O)C[C@H](C)[C@@H](NC(=O)CCc1ccccc1)C(=O)O. The maximum Gasteiger partial charge on any atom is 0.326 e. The zero-order chi connectivity index (χ0) is 17.2. The number of hydrogen-bond acceptors (Lipinski definition) is 4. The molecular weight excluding hydrogens is 298 g/mol. The van der Waals surface area contributed by atoms with Crippen LogP contribution in [0.4, 0.5) is 0 Å². The predicted molar refractivity (Wildman–Crippen MR) is 84.7 cm³/mol. The monoisotopic (exact) mass is 321 g/mol. The van der Waals surface area contributed by atoms with Gasteiger partial charge in [0.25, 0.3) is 0 Å². The van der Waals surface area contributed by atoms with Crippen molar-refractivity contribution in [3.05, 3.63) is 35.9 Å². The fraction of sp³-hybridized carbons (Fsp3) is 0.471. The molecule has 0 aliphatic heterocycles. The van der Waals surface area contributed by atoms with E-state index in [0.717, 1.165) is 5.56 Å². The summed E-state index contributed by atoms with van der Waals surface area (Å²) in [5.41, 5.74) is 1.01. The summed E-state index contributed by atoms with van der Waals surface area (Å²) in [5.74, 6) is -2.52. The number of rotatable bonds is 9. The van der Waals surface area contributed by atoms with Crippen LogP contribution in [0.15, 0.2) is 30.3 Å². The Bertz CT molecular complexity index is 529. The van der Waals surface area contributed by atoms with Crippen LogP contribution in [0.2, 0.25) is 0 Å². The van der Waals surface area contributed by atoms with Crippen molar-refractivity contribution >= 4 is 17.8 Å². The second-order valence-corrected chi connectivity index (χ2v) is 5.36. The lowest BCUT2D eigenvalue weighted by molar-refractivity contribution is -0.147. The second-order valence-electron chi connectivity index (χ2n) is 5.36. The Morgan fingerprint density at radius 2 is 1.87 bits per heavy atom. The first-order valence-electron chi connectivity index (χ1n) is 7.65. The highest BCUT2D eigenvalue weighted by Gasteiger charge is 2.28. The zero-order valence-corrected chi connectivity index (χ0v) is 13.5. The highest BCUT2D eigenvalue weighted by Crippen LogP contribution is 2.11. The van der Waals surface area contributed by atoms with Gasteiger partial charge in [-0.1, -0.05) is 37.3 Å². The van der Waals surface area contributed by atoms with Crippen molar-refractivity contribution in [1.29, 1.82) is 0 Å². The van der Waals surface area contributed by atoms with Crippen molar-refractivity contribution in [2.45, 2.75) is 39.2 Å². The van der Waals surface area contributed by atoms with E-state index in [-0.39, 0.29) is 25.4 Å². The molecule has 2 N–H and O–H groups in total. The van der Waals surface area contributed by atoms with E-state index in [4.69, 9.17) is 4.74 Å². The first kappa shape index (κ1) is 18.7. The molecule has 0 aliphatic rings. The number of aliphatic carboxylic acids is 1. The van der Waals surface area contributed by atoms with Crippen LogP contribution in [0.5, 0.6) is 0 Å². The van der Waals surface area contributed by atoms with Crippen LogP contribution in [0.1, 0.15) is 32.3 Å². The van der Waals surface area contributed by atoms with E-state index >= 15 is 0 Å². The molecule has 1 aromatic rings. The van der Waals surface area contributed by atoms with Gasteiger partial charge in [-0.2, -0.15) is 0 Å². The summed E-state index contributed by atoms with van der Waals surface area (Å²) < 4.78 is 4.81. The molecule has 1 amide bonds.